The summed E-state index contributed by atoms with van der Waals surface area (Å²) in [4.78, 5) is 12.1. The van der Waals surface area contributed by atoms with Gasteiger partial charge in [-0.25, -0.2) is 0 Å². The molecule has 0 spiro atoms. The topological polar surface area (TPSA) is 26.3 Å². The monoisotopic (exact) mass is 270 g/mol. The highest BCUT2D eigenvalue weighted by Crippen LogP contribution is 2.32. The number of rotatable bonds is 4. The van der Waals surface area contributed by atoms with Crippen molar-refractivity contribution in [2.75, 3.05) is 0 Å². The molecule has 106 valence electrons. The van der Waals surface area contributed by atoms with Gasteiger partial charge in [0, 0.05) is 5.56 Å². The molecule has 0 aliphatic rings. The molecule has 2 heteroatoms. The maximum Gasteiger partial charge on any atom is 0.309 e. The molecule has 0 aliphatic heterocycles. The number of carbonyl (C=O) groups excluding carboxylic acids is 1. The fraction of sp³-hybridized carbons (Fsp3) is 0.389. The Kier molecular flexibility index (Phi) is 4.12. The van der Waals surface area contributed by atoms with Crippen LogP contribution >= 0.6 is 0 Å². The van der Waals surface area contributed by atoms with Gasteiger partial charge in [-0.1, -0.05) is 56.3 Å². The second-order valence-corrected chi connectivity index (χ2v) is 5.77. The predicted molar refractivity (Wildman–Crippen MR) is 82.5 cm³/mol. The average molecular weight is 270 g/mol. The number of carbonyl (C=O) groups is 1. The molecule has 0 amide bonds. The smallest absolute Gasteiger partial charge is 0.309 e. The summed E-state index contributed by atoms with van der Waals surface area (Å²) in [6, 6.07) is 14.3. The zero-order valence-corrected chi connectivity index (χ0v) is 12.6. The summed E-state index contributed by atoms with van der Waals surface area (Å²) in [5.74, 6) is -0.199. The zero-order valence-electron chi connectivity index (χ0n) is 12.6. The number of hydrogen-bond donors (Lipinski definition) is 0. The van der Waals surface area contributed by atoms with Gasteiger partial charge < -0.3 is 4.74 Å². The maximum atomic E-state index is 12.1. The van der Waals surface area contributed by atoms with Gasteiger partial charge in [0.05, 0.1) is 5.92 Å². The van der Waals surface area contributed by atoms with Crippen molar-refractivity contribution in [1.29, 1.82) is 0 Å². The quantitative estimate of drug-likeness (QED) is 0.755. The Balaban J connectivity index is 2.39. The van der Waals surface area contributed by atoms with Gasteiger partial charge in [0.25, 0.3) is 0 Å². The molecule has 2 rings (SSSR count). The van der Waals surface area contributed by atoms with Crippen LogP contribution < -0.4 is 0 Å². The molecule has 0 aliphatic carbocycles. The fourth-order valence-corrected chi connectivity index (χ4v) is 2.32. The molecule has 1 atom stereocenters. The first kappa shape index (κ1) is 14.6. The Morgan fingerprint density at radius 3 is 2.50 bits per heavy atom. The third-order valence-corrected chi connectivity index (χ3v) is 3.81. The lowest BCUT2D eigenvalue weighted by Crippen LogP contribution is -2.28. The second-order valence-electron chi connectivity index (χ2n) is 5.77. The second kappa shape index (κ2) is 5.66. The number of benzene rings is 2. The van der Waals surface area contributed by atoms with Crippen LogP contribution in [0.4, 0.5) is 0 Å². The van der Waals surface area contributed by atoms with Crippen LogP contribution in [-0.2, 0) is 15.1 Å². The van der Waals surface area contributed by atoms with Crippen LogP contribution in [0.2, 0.25) is 0 Å². The lowest BCUT2D eigenvalue weighted by molar-refractivity contribution is -0.162. The molecule has 0 saturated carbocycles. The molecule has 0 aromatic heterocycles. The predicted octanol–water partition coefficient (Wildman–Crippen LogP) is 4.66. The van der Waals surface area contributed by atoms with Crippen molar-refractivity contribution in [3.63, 3.8) is 0 Å². The molecule has 0 N–H and O–H groups in total. The molecule has 0 bridgehead atoms. The lowest BCUT2D eigenvalue weighted by Gasteiger charge is -2.28. The molecule has 1 unspecified atom stereocenters. The van der Waals surface area contributed by atoms with Gasteiger partial charge in [-0.3, -0.25) is 4.79 Å². The summed E-state index contributed by atoms with van der Waals surface area (Å²) in [5, 5.41) is 2.30. The van der Waals surface area contributed by atoms with E-state index in [9.17, 15) is 4.79 Å². The van der Waals surface area contributed by atoms with Crippen molar-refractivity contribution in [3.05, 3.63) is 48.0 Å². The van der Waals surface area contributed by atoms with Crippen LogP contribution in [0.3, 0.4) is 0 Å². The fourth-order valence-electron chi connectivity index (χ4n) is 2.32. The Hall–Kier alpha value is -1.83. The molecule has 2 aromatic rings. The van der Waals surface area contributed by atoms with E-state index in [1.807, 2.05) is 52.0 Å². The van der Waals surface area contributed by atoms with E-state index >= 15 is 0 Å². The molecule has 0 fully saturated rings. The van der Waals surface area contributed by atoms with E-state index < -0.39 is 5.60 Å². The van der Waals surface area contributed by atoms with Crippen LogP contribution in [0, 0.1) is 5.92 Å². The van der Waals surface area contributed by atoms with Gasteiger partial charge in [-0.05, 0) is 31.0 Å². The molecular formula is C18H22O2. The first-order valence-electron chi connectivity index (χ1n) is 7.17. The highest BCUT2D eigenvalue weighted by atomic mass is 16.6. The molecule has 2 aromatic carbocycles. The zero-order chi connectivity index (χ0) is 14.8. The molecule has 20 heavy (non-hydrogen) atoms. The standard InChI is InChI=1S/C18H22O2/c1-5-13(2)17(19)20-18(3,4)16-12-8-10-14-9-6-7-11-15(14)16/h6-13H,5H2,1-4H3. The van der Waals surface area contributed by atoms with Gasteiger partial charge in [-0.15, -0.1) is 0 Å². The van der Waals surface area contributed by atoms with Gasteiger partial charge in [0.2, 0.25) is 0 Å². The van der Waals surface area contributed by atoms with Gasteiger partial charge in [-0.2, -0.15) is 0 Å². The number of fused-ring (bicyclic) bond motifs is 1. The summed E-state index contributed by atoms with van der Waals surface area (Å²) >= 11 is 0. The summed E-state index contributed by atoms with van der Waals surface area (Å²) in [7, 11) is 0. The van der Waals surface area contributed by atoms with Crippen molar-refractivity contribution in [2.24, 2.45) is 5.92 Å². The Morgan fingerprint density at radius 1 is 1.15 bits per heavy atom. The third kappa shape index (κ3) is 2.84. The van der Waals surface area contributed by atoms with Crippen LogP contribution in [0.25, 0.3) is 10.8 Å². The molecule has 0 saturated heterocycles. The minimum atomic E-state index is -0.624. The Morgan fingerprint density at radius 2 is 1.80 bits per heavy atom. The van der Waals surface area contributed by atoms with Gasteiger partial charge in [0.15, 0.2) is 0 Å². The first-order valence-corrected chi connectivity index (χ1v) is 7.17. The summed E-state index contributed by atoms with van der Waals surface area (Å²) in [5.41, 5.74) is 0.425. The van der Waals surface area contributed by atoms with Crippen molar-refractivity contribution >= 4 is 16.7 Å². The Labute approximate surface area is 120 Å². The van der Waals surface area contributed by atoms with Crippen molar-refractivity contribution in [2.45, 2.75) is 39.7 Å². The largest absolute Gasteiger partial charge is 0.455 e. The van der Waals surface area contributed by atoms with Crippen molar-refractivity contribution in [3.8, 4) is 0 Å². The SMILES string of the molecule is CCC(C)C(=O)OC(C)(C)c1cccc2ccccc12. The minimum absolute atomic E-state index is 0.0655. The summed E-state index contributed by atoms with van der Waals surface area (Å²) in [6.07, 6.45) is 0.796. The number of ether oxygens (including phenoxy) is 1. The van der Waals surface area contributed by atoms with Gasteiger partial charge >= 0.3 is 5.97 Å². The van der Waals surface area contributed by atoms with E-state index in [2.05, 4.69) is 18.2 Å². The van der Waals surface area contributed by atoms with Crippen molar-refractivity contribution in [1.82, 2.24) is 0 Å². The highest BCUT2D eigenvalue weighted by Gasteiger charge is 2.28. The summed E-state index contributed by atoms with van der Waals surface area (Å²) in [6.45, 7) is 7.81. The maximum absolute atomic E-state index is 12.1. The van der Waals surface area contributed by atoms with E-state index in [0.29, 0.717) is 0 Å². The molecule has 0 radical (unpaired) electrons. The van der Waals surface area contributed by atoms with Crippen LogP contribution in [-0.4, -0.2) is 5.97 Å². The highest BCUT2D eigenvalue weighted by molar-refractivity contribution is 5.86. The van der Waals surface area contributed by atoms with Crippen LogP contribution in [0.15, 0.2) is 42.5 Å². The number of esters is 1. The van der Waals surface area contributed by atoms with Crippen LogP contribution in [0.5, 0.6) is 0 Å². The van der Waals surface area contributed by atoms with Crippen LogP contribution in [0.1, 0.15) is 39.7 Å². The third-order valence-electron chi connectivity index (χ3n) is 3.81. The van der Waals surface area contributed by atoms with E-state index in [1.54, 1.807) is 0 Å². The van der Waals surface area contributed by atoms with E-state index in [4.69, 9.17) is 4.74 Å². The molecule has 0 heterocycles. The lowest BCUT2D eigenvalue weighted by atomic mass is 9.92. The van der Waals surface area contributed by atoms with Crippen molar-refractivity contribution < 1.29 is 9.53 Å². The number of hydrogen-bond acceptors (Lipinski definition) is 2. The normalized spacial score (nSPS) is 13.2. The van der Waals surface area contributed by atoms with E-state index in [0.717, 1.165) is 22.8 Å². The Bertz CT molecular complexity index is 608. The minimum Gasteiger partial charge on any atom is -0.455 e. The van der Waals surface area contributed by atoms with E-state index in [-0.39, 0.29) is 11.9 Å². The summed E-state index contributed by atoms with van der Waals surface area (Å²) < 4.78 is 5.75. The average Bonchev–Trinajstić information content (AvgIpc) is 2.45. The van der Waals surface area contributed by atoms with Gasteiger partial charge in [0.1, 0.15) is 5.60 Å². The van der Waals surface area contributed by atoms with E-state index in [1.165, 1.54) is 0 Å². The molecular weight excluding hydrogens is 248 g/mol. The first-order chi connectivity index (χ1) is 9.45. The molecule has 2 nitrogen and oxygen atoms in total.